The third-order valence-electron chi connectivity index (χ3n) is 3.64. The van der Waals surface area contributed by atoms with Crippen LogP contribution in [0.4, 0.5) is 8.78 Å². The molecule has 0 spiro atoms. The molecule has 0 atom stereocenters. The summed E-state index contributed by atoms with van der Waals surface area (Å²) in [4.78, 5) is 4.06. The lowest BCUT2D eigenvalue weighted by Gasteiger charge is -2.15. The maximum absolute atomic E-state index is 12.5. The highest BCUT2D eigenvalue weighted by Crippen LogP contribution is 2.25. The third-order valence-corrected chi connectivity index (χ3v) is 3.88. The lowest BCUT2D eigenvalue weighted by Crippen LogP contribution is -2.36. The van der Waals surface area contributed by atoms with Crippen molar-refractivity contribution in [3.63, 3.8) is 0 Å². The van der Waals surface area contributed by atoms with Crippen molar-refractivity contribution in [1.82, 2.24) is 10.6 Å². The molecule has 0 radical (unpaired) electrons. The number of alkyl halides is 2. The lowest BCUT2D eigenvalue weighted by molar-refractivity contribution is -0.0504. The van der Waals surface area contributed by atoms with E-state index in [4.69, 9.17) is 16.3 Å². The van der Waals surface area contributed by atoms with Gasteiger partial charge in [-0.05, 0) is 36.4 Å². The number of rotatable bonds is 7. The summed E-state index contributed by atoms with van der Waals surface area (Å²) in [7, 11) is 3.10. The number of aliphatic imine (C=N–C) groups is 1. The number of hydrogen-bond donors (Lipinski definition) is 3. The minimum absolute atomic E-state index is 0.0304. The van der Waals surface area contributed by atoms with E-state index in [0.717, 1.165) is 0 Å². The molecule has 0 aromatic heterocycles. The summed E-state index contributed by atoms with van der Waals surface area (Å²) < 4.78 is 34.7. The Bertz CT molecular complexity index is 803. The average Bonchev–Trinajstić information content (AvgIpc) is 2.64. The van der Waals surface area contributed by atoms with Crippen LogP contribution in [-0.4, -0.2) is 31.8 Å². The van der Waals surface area contributed by atoms with Crippen LogP contribution in [0.3, 0.4) is 0 Å². The summed E-state index contributed by atoms with van der Waals surface area (Å²) in [5.74, 6) is 1.16. The number of guanidine groups is 1. The molecule has 2 aromatic rings. The number of ether oxygens (including phenoxy) is 2. The van der Waals surface area contributed by atoms with E-state index >= 15 is 0 Å². The molecule has 0 bridgehead atoms. The van der Waals surface area contributed by atoms with Gasteiger partial charge in [0.25, 0.3) is 0 Å². The Balaban J connectivity index is 2.01. The fourth-order valence-electron chi connectivity index (χ4n) is 2.31. The molecule has 0 amide bonds. The van der Waals surface area contributed by atoms with Gasteiger partial charge in [0.15, 0.2) is 5.96 Å². The van der Waals surface area contributed by atoms with E-state index < -0.39 is 6.61 Å². The van der Waals surface area contributed by atoms with Crippen molar-refractivity contribution in [1.29, 1.82) is 0 Å². The first-order valence-corrected chi connectivity index (χ1v) is 8.34. The number of nitrogens with one attached hydrogen (secondary N) is 2. The summed E-state index contributed by atoms with van der Waals surface area (Å²) in [6.07, 6.45) is 0. The number of phenolic OH excluding ortho intramolecular Hbond substituents is 1. The zero-order valence-electron chi connectivity index (χ0n) is 14.8. The SMILES string of the molecule is CN=C(NCc1cc(OC)ccc1O)NCc1cc(Cl)ccc1OC(F)F. The highest BCUT2D eigenvalue weighted by molar-refractivity contribution is 6.30. The van der Waals surface area contributed by atoms with Crippen LogP contribution in [0.25, 0.3) is 0 Å². The molecule has 3 N–H and O–H groups in total. The first kappa shape index (κ1) is 20.6. The van der Waals surface area contributed by atoms with Gasteiger partial charge in [0.2, 0.25) is 0 Å². The molecular weight excluding hydrogens is 380 g/mol. The van der Waals surface area contributed by atoms with Gasteiger partial charge in [0, 0.05) is 36.3 Å². The number of phenols is 1. The second-order valence-corrected chi connectivity index (χ2v) is 5.84. The smallest absolute Gasteiger partial charge is 0.387 e. The molecule has 0 unspecified atom stereocenters. The minimum Gasteiger partial charge on any atom is -0.508 e. The zero-order chi connectivity index (χ0) is 19.8. The summed E-state index contributed by atoms with van der Waals surface area (Å²) in [6.45, 7) is -2.50. The fraction of sp³-hybridized carbons (Fsp3) is 0.278. The van der Waals surface area contributed by atoms with E-state index in [1.807, 2.05) is 0 Å². The Kier molecular flexibility index (Phi) is 7.48. The molecule has 146 valence electrons. The predicted octanol–water partition coefficient (Wildman–Crippen LogP) is 3.52. The molecule has 0 saturated heterocycles. The summed E-state index contributed by atoms with van der Waals surface area (Å²) in [6, 6.07) is 9.27. The molecule has 0 aliphatic heterocycles. The standard InChI is InChI=1S/C18H20ClF2N3O3/c1-22-18(23-9-11-8-14(26-2)4-5-15(11)25)24-10-12-7-13(19)3-6-16(12)27-17(20)21/h3-8,17,25H,9-10H2,1-2H3,(H2,22,23,24). The monoisotopic (exact) mass is 399 g/mol. The van der Waals surface area contributed by atoms with Crippen LogP contribution in [0.15, 0.2) is 41.4 Å². The van der Waals surface area contributed by atoms with Crippen LogP contribution < -0.4 is 20.1 Å². The number of halogens is 3. The normalized spacial score (nSPS) is 11.4. The molecular formula is C18H20ClF2N3O3. The van der Waals surface area contributed by atoms with E-state index in [0.29, 0.717) is 27.9 Å². The average molecular weight is 400 g/mol. The molecule has 2 rings (SSSR count). The highest BCUT2D eigenvalue weighted by Gasteiger charge is 2.11. The molecule has 27 heavy (non-hydrogen) atoms. The predicted molar refractivity (Wildman–Crippen MR) is 99.8 cm³/mol. The maximum Gasteiger partial charge on any atom is 0.387 e. The second-order valence-electron chi connectivity index (χ2n) is 5.40. The molecule has 9 heteroatoms. The molecule has 0 aliphatic carbocycles. The van der Waals surface area contributed by atoms with Crippen LogP contribution in [0.2, 0.25) is 5.02 Å². The fourth-order valence-corrected chi connectivity index (χ4v) is 2.50. The highest BCUT2D eigenvalue weighted by atomic mass is 35.5. The number of methoxy groups -OCH3 is 1. The molecule has 0 aliphatic rings. The largest absolute Gasteiger partial charge is 0.508 e. The van der Waals surface area contributed by atoms with Crippen LogP contribution in [0.1, 0.15) is 11.1 Å². The van der Waals surface area contributed by atoms with Gasteiger partial charge in [-0.1, -0.05) is 11.6 Å². The van der Waals surface area contributed by atoms with E-state index in [9.17, 15) is 13.9 Å². The summed E-state index contributed by atoms with van der Waals surface area (Å²) >= 11 is 5.93. The number of benzene rings is 2. The van der Waals surface area contributed by atoms with Crippen molar-refractivity contribution in [2.45, 2.75) is 19.7 Å². The van der Waals surface area contributed by atoms with Gasteiger partial charge in [-0.25, -0.2) is 0 Å². The third kappa shape index (κ3) is 6.18. The van der Waals surface area contributed by atoms with E-state index in [2.05, 4.69) is 20.4 Å². The van der Waals surface area contributed by atoms with Gasteiger partial charge >= 0.3 is 6.61 Å². The topological polar surface area (TPSA) is 75.1 Å². The van der Waals surface area contributed by atoms with Crippen LogP contribution in [-0.2, 0) is 13.1 Å². The van der Waals surface area contributed by atoms with Gasteiger partial charge in [0.1, 0.15) is 17.2 Å². The molecule has 0 heterocycles. The van der Waals surface area contributed by atoms with Gasteiger partial charge < -0.3 is 25.2 Å². The van der Waals surface area contributed by atoms with Crippen LogP contribution >= 0.6 is 11.6 Å². The number of aromatic hydroxyl groups is 1. The van der Waals surface area contributed by atoms with Gasteiger partial charge in [-0.15, -0.1) is 0 Å². The lowest BCUT2D eigenvalue weighted by atomic mass is 10.2. The van der Waals surface area contributed by atoms with E-state index in [1.54, 1.807) is 19.2 Å². The minimum atomic E-state index is -2.93. The van der Waals surface area contributed by atoms with Crippen molar-refractivity contribution in [2.24, 2.45) is 4.99 Å². The van der Waals surface area contributed by atoms with Crippen molar-refractivity contribution in [3.8, 4) is 17.2 Å². The Hall–Kier alpha value is -2.74. The van der Waals surface area contributed by atoms with Crippen LogP contribution in [0.5, 0.6) is 17.2 Å². The van der Waals surface area contributed by atoms with Gasteiger partial charge in [-0.2, -0.15) is 8.78 Å². The van der Waals surface area contributed by atoms with Crippen molar-refractivity contribution < 1.29 is 23.4 Å². The Labute approximate surface area is 160 Å². The molecule has 6 nitrogen and oxygen atoms in total. The molecule has 0 fully saturated rings. The van der Waals surface area contributed by atoms with Crippen molar-refractivity contribution >= 4 is 17.6 Å². The summed E-state index contributed by atoms with van der Waals surface area (Å²) in [5, 5.41) is 16.3. The van der Waals surface area contributed by atoms with E-state index in [-0.39, 0.29) is 24.6 Å². The van der Waals surface area contributed by atoms with Crippen molar-refractivity contribution in [3.05, 3.63) is 52.5 Å². The van der Waals surface area contributed by atoms with Crippen molar-refractivity contribution in [2.75, 3.05) is 14.2 Å². The Morgan fingerprint density at radius 3 is 2.48 bits per heavy atom. The quantitative estimate of drug-likeness (QED) is 0.490. The first-order chi connectivity index (χ1) is 12.9. The molecule has 0 saturated carbocycles. The second kappa shape index (κ2) is 9.82. The van der Waals surface area contributed by atoms with Gasteiger partial charge in [-0.3, -0.25) is 4.99 Å². The van der Waals surface area contributed by atoms with E-state index in [1.165, 1.54) is 31.4 Å². The maximum atomic E-state index is 12.5. The zero-order valence-corrected chi connectivity index (χ0v) is 15.6. The molecule has 2 aromatic carbocycles. The Morgan fingerprint density at radius 2 is 1.85 bits per heavy atom. The van der Waals surface area contributed by atoms with Gasteiger partial charge in [0.05, 0.1) is 7.11 Å². The number of nitrogens with zero attached hydrogens (tertiary/aromatic N) is 1. The van der Waals surface area contributed by atoms with Crippen LogP contribution in [0, 0.1) is 0 Å². The number of hydrogen-bond acceptors (Lipinski definition) is 4. The Morgan fingerprint density at radius 1 is 1.15 bits per heavy atom. The first-order valence-electron chi connectivity index (χ1n) is 7.96. The summed E-state index contributed by atoms with van der Waals surface area (Å²) in [5.41, 5.74) is 1.07.